The van der Waals surface area contributed by atoms with Crippen LogP contribution in [0.5, 0.6) is 0 Å². The first-order valence-corrected chi connectivity index (χ1v) is 6.94. The molecule has 2 rings (SSSR count). The molecule has 0 saturated carbocycles. The molecule has 0 bridgehead atoms. The topological polar surface area (TPSA) is 75.4 Å². The summed E-state index contributed by atoms with van der Waals surface area (Å²) in [5, 5.41) is 2.89. The SMILES string of the molecule is CC(=O)NC1CCN(C(=O)C(N)c2ccccc2)CC1. The Bertz CT molecular complexity index is 467. The van der Waals surface area contributed by atoms with E-state index in [-0.39, 0.29) is 17.9 Å². The minimum absolute atomic E-state index is 0.0178. The van der Waals surface area contributed by atoms with Crippen LogP contribution < -0.4 is 11.1 Å². The van der Waals surface area contributed by atoms with Crippen LogP contribution in [0.25, 0.3) is 0 Å². The van der Waals surface area contributed by atoms with E-state index in [1.165, 1.54) is 6.92 Å². The van der Waals surface area contributed by atoms with Crippen LogP contribution in [0.15, 0.2) is 30.3 Å². The van der Waals surface area contributed by atoms with Crippen molar-refractivity contribution in [3.8, 4) is 0 Å². The van der Waals surface area contributed by atoms with Gasteiger partial charge in [0, 0.05) is 26.1 Å². The molecule has 5 heteroatoms. The van der Waals surface area contributed by atoms with Gasteiger partial charge in [-0.15, -0.1) is 0 Å². The summed E-state index contributed by atoms with van der Waals surface area (Å²) in [6, 6.07) is 8.97. The molecule has 1 aromatic carbocycles. The van der Waals surface area contributed by atoms with Gasteiger partial charge in [-0.3, -0.25) is 9.59 Å². The number of hydrogen-bond acceptors (Lipinski definition) is 3. The van der Waals surface area contributed by atoms with Gasteiger partial charge in [0.25, 0.3) is 0 Å². The molecule has 1 aliphatic rings. The number of nitrogens with one attached hydrogen (secondary N) is 1. The van der Waals surface area contributed by atoms with Gasteiger partial charge in [-0.25, -0.2) is 0 Å². The largest absolute Gasteiger partial charge is 0.353 e. The summed E-state index contributed by atoms with van der Waals surface area (Å²) in [5.74, 6) is -0.0618. The molecule has 1 unspecified atom stereocenters. The molecule has 1 aromatic rings. The number of benzene rings is 1. The molecule has 1 heterocycles. The average molecular weight is 275 g/mol. The molecule has 20 heavy (non-hydrogen) atoms. The summed E-state index contributed by atoms with van der Waals surface area (Å²) in [5.41, 5.74) is 6.86. The van der Waals surface area contributed by atoms with Crippen molar-refractivity contribution in [1.29, 1.82) is 0 Å². The van der Waals surface area contributed by atoms with Crippen LogP contribution in [0, 0.1) is 0 Å². The number of likely N-dealkylation sites (tertiary alicyclic amines) is 1. The molecule has 0 spiro atoms. The number of amides is 2. The molecule has 1 saturated heterocycles. The average Bonchev–Trinajstić information content (AvgIpc) is 2.47. The molecule has 3 N–H and O–H groups in total. The second-order valence-electron chi connectivity index (χ2n) is 5.19. The van der Waals surface area contributed by atoms with Crippen molar-refractivity contribution in [3.05, 3.63) is 35.9 Å². The maximum Gasteiger partial charge on any atom is 0.244 e. The lowest BCUT2D eigenvalue weighted by Gasteiger charge is -2.33. The third-order valence-electron chi connectivity index (χ3n) is 3.64. The van der Waals surface area contributed by atoms with E-state index in [0.29, 0.717) is 13.1 Å². The molecule has 0 radical (unpaired) electrons. The molecule has 2 amide bonds. The zero-order chi connectivity index (χ0) is 14.5. The first kappa shape index (κ1) is 14.5. The van der Waals surface area contributed by atoms with E-state index in [9.17, 15) is 9.59 Å². The summed E-state index contributed by atoms with van der Waals surface area (Å²) < 4.78 is 0. The van der Waals surface area contributed by atoms with Gasteiger partial charge in [-0.2, -0.15) is 0 Å². The van der Waals surface area contributed by atoms with E-state index in [0.717, 1.165) is 18.4 Å². The Morgan fingerprint density at radius 2 is 1.85 bits per heavy atom. The van der Waals surface area contributed by atoms with Gasteiger partial charge in [0.05, 0.1) is 0 Å². The third kappa shape index (κ3) is 3.57. The van der Waals surface area contributed by atoms with Crippen molar-refractivity contribution in [3.63, 3.8) is 0 Å². The van der Waals surface area contributed by atoms with E-state index in [1.54, 1.807) is 4.90 Å². The Hall–Kier alpha value is -1.88. The zero-order valence-electron chi connectivity index (χ0n) is 11.7. The molecule has 0 aliphatic carbocycles. The molecule has 1 fully saturated rings. The molecule has 0 aromatic heterocycles. The summed E-state index contributed by atoms with van der Waals surface area (Å²) in [6.45, 7) is 2.80. The summed E-state index contributed by atoms with van der Waals surface area (Å²) in [7, 11) is 0. The van der Waals surface area contributed by atoms with Gasteiger partial charge in [0.15, 0.2) is 0 Å². The Balaban J connectivity index is 1.90. The van der Waals surface area contributed by atoms with Crippen molar-refractivity contribution in [2.75, 3.05) is 13.1 Å². The molecular formula is C15H21N3O2. The Kier molecular flexibility index (Phi) is 4.74. The number of carbonyl (C=O) groups excluding carboxylic acids is 2. The molecule has 1 atom stereocenters. The number of rotatable bonds is 3. The predicted molar refractivity (Wildman–Crippen MR) is 76.8 cm³/mol. The third-order valence-corrected chi connectivity index (χ3v) is 3.64. The maximum absolute atomic E-state index is 12.3. The van der Waals surface area contributed by atoms with Crippen LogP contribution in [0.2, 0.25) is 0 Å². The van der Waals surface area contributed by atoms with Crippen LogP contribution in [0.3, 0.4) is 0 Å². The van der Waals surface area contributed by atoms with Crippen molar-refractivity contribution < 1.29 is 9.59 Å². The monoisotopic (exact) mass is 275 g/mol. The summed E-state index contributed by atoms with van der Waals surface area (Å²) in [6.07, 6.45) is 1.57. The highest BCUT2D eigenvalue weighted by atomic mass is 16.2. The minimum Gasteiger partial charge on any atom is -0.353 e. The first-order chi connectivity index (χ1) is 9.58. The van der Waals surface area contributed by atoms with Crippen LogP contribution in [-0.2, 0) is 9.59 Å². The van der Waals surface area contributed by atoms with Crippen molar-refractivity contribution in [2.45, 2.75) is 31.8 Å². The van der Waals surface area contributed by atoms with Gasteiger partial charge in [-0.05, 0) is 18.4 Å². The van der Waals surface area contributed by atoms with E-state index in [4.69, 9.17) is 5.73 Å². The lowest BCUT2D eigenvalue weighted by atomic mass is 10.0. The smallest absolute Gasteiger partial charge is 0.244 e. The van der Waals surface area contributed by atoms with Gasteiger partial charge in [0.2, 0.25) is 11.8 Å². The number of carbonyl (C=O) groups is 2. The number of nitrogens with two attached hydrogens (primary N) is 1. The Morgan fingerprint density at radius 1 is 1.25 bits per heavy atom. The van der Waals surface area contributed by atoms with Gasteiger partial charge >= 0.3 is 0 Å². The van der Waals surface area contributed by atoms with Crippen molar-refractivity contribution in [2.24, 2.45) is 5.73 Å². The molecule has 1 aliphatic heterocycles. The lowest BCUT2D eigenvalue weighted by Crippen LogP contribution is -2.48. The lowest BCUT2D eigenvalue weighted by molar-refractivity contribution is -0.133. The number of nitrogens with zero attached hydrogens (tertiary/aromatic N) is 1. The highest BCUT2D eigenvalue weighted by Crippen LogP contribution is 2.17. The number of piperidine rings is 1. The normalized spacial score (nSPS) is 17.6. The van der Waals surface area contributed by atoms with Gasteiger partial charge in [-0.1, -0.05) is 30.3 Å². The fourth-order valence-electron chi connectivity index (χ4n) is 2.53. The van der Waals surface area contributed by atoms with Crippen molar-refractivity contribution >= 4 is 11.8 Å². The van der Waals surface area contributed by atoms with E-state index in [1.807, 2.05) is 30.3 Å². The van der Waals surface area contributed by atoms with Crippen LogP contribution in [0.4, 0.5) is 0 Å². The Morgan fingerprint density at radius 3 is 2.40 bits per heavy atom. The van der Waals surface area contributed by atoms with Crippen LogP contribution >= 0.6 is 0 Å². The fraction of sp³-hybridized carbons (Fsp3) is 0.467. The molecule has 5 nitrogen and oxygen atoms in total. The summed E-state index contributed by atoms with van der Waals surface area (Å²) >= 11 is 0. The second-order valence-corrected chi connectivity index (χ2v) is 5.19. The fourth-order valence-corrected chi connectivity index (χ4v) is 2.53. The van der Waals surface area contributed by atoms with E-state index >= 15 is 0 Å². The van der Waals surface area contributed by atoms with E-state index in [2.05, 4.69) is 5.32 Å². The minimum atomic E-state index is -0.603. The van der Waals surface area contributed by atoms with Gasteiger partial charge < -0.3 is 16.0 Å². The Labute approximate surface area is 119 Å². The summed E-state index contributed by atoms with van der Waals surface area (Å²) in [4.78, 5) is 25.1. The quantitative estimate of drug-likeness (QED) is 0.857. The standard InChI is InChI=1S/C15H21N3O2/c1-11(19)17-13-7-9-18(10-8-13)15(20)14(16)12-5-3-2-4-6-12/h2-6,13-14H,7-10,16H2,1H3,(H,17,19). The van der Waals surface area contributed by atoms with E-state index < -0.39 is 6.04 Å². The molecular weight excluding hydrogens is 254 g/mol. The highest BCUT2D eigenvalue weighted by molar-refractivity contribution is 5.83. The zero-order valence-corrected chi connectivity index (χ0v) is 11.7. The van der Waals surface area contributed by atoms with Crippen LogP contribution in [0.1, 0.15) is 31.4 Å². The van der Waals surface area contributed by atoms with Crippen molar-refractivity contribution in [1.82, 2.24) is 10.2 Å². The first-order valence-electron chi connectivity index (χ1n) is 6.94. The maximum atomic E-state index is 12.3. The number of hydrogen-bond donors (Lipinski definition) is 2. The second kappa shape index (κ2) is 6.52. The van der Waals surface area contributed by atoms with Gasteiger partial charge in [0.1, 0.15) is 6.04 Å². The molecule has 108 valence electrons. The predicted octanol–water partition coefficient (Wildman–Crippen LogP) is 0.814. The highest BCUT2D eigenvalue weighted by Gasteiger charge is 2.27. The van der Waals surface area contributed by atoms with Crippen LogP contribution in [-0.4, -0.2) is 35.8 Å².